The summed E-state index contributed by atoms with van der Waals surface area (Å²) in [6, 6.07) is 4.75. The van der Waals surface area contributed by atoms with E-state index in [9.17, 15) is 0 Å². The molecule has 1 saturated carbocycles. The molecule has 1 aliphatic rings. The lowest BCUT2D eigenvalue weighted by atomic mass is 9.64. The number of allylic oxidation sites excluding steroid dienone is 3. The third kappa shape index (κ3) is 8.04. The molecule has 33 heavy (non-hydrogen) atoms. The molecule has 2 rings (SSSR count). The molecule has 0 aliphatic heterocycles. The van der Waals surface area contributed by atoms with Crippen LogP contribution in [0, 0.1) is 49.4 Å². The van der Waals surface area contributed by atoms with Crippen LogP contribution in [0.5, 0.6) is 0 Å². The van der Waals surface area contributed by atoms with Crippen LogP contribution >= 0.6 is 0 Å². The molecule has 1 nitrogen and oxygen atoms in total. The first kappa shape index (κ1) is 27.7. The highest BCUT2D eigenvalue weighted by molar-refractivity contribution is 5.53. The molecule has 1 fully saturated rings. The Morgan fingerprint density at radius 1 is 1.06 bits per heavy atom. The average molecular weight is 452 g/mol. The van der Waals surface area contributed by atoms with Gasteiger partial charge in [-0.3, -0.25) is 0 Å². The summed E-state index contributed by atoms with van der Waals surface area (Å²) < 4.78 is 0. The van der Waals surface area contributed by atoms with Crippen LogP contribution in [0.1, 0.15) is 104 Å². The van der Waals surface area contributed by atoms with Gasteiger partial charge in [0.15, 0.2) is 0 Å². The summed E-state index contributed by atoms with van der Waals surface area (Å²) in [5.74, 6) is 5.22. The zero-order chi connectivity index (χ0) is 24.7. The fourth-order valence-electron chi connectivity index (χ4n) is 6.47. The summed E-state index contributed by atoms with van der Waals surface area (Å²) in [6.45, 7) is 24.3. The van der Waals surface area contributed by atoms with Gasteiger partial charge in [0.05, 0.1) is 0 Å². The van der Waals surface area contributed by atoms with Gasteiger partial charge in [0.2, 0.25) is 0 Å². The normalized spacial score (nSPS) is 24.0. The van der Waals surface area contributed by atoms with Gasteiger partial charge in [-0.1, -0.05) is 58.4 Å². The first-order valence-corrected chi connectivity index (χ1v) is 13.6. The van der Waals surface area contributed by atoms with Gasteiger partial charge in [-0.15, -0.1) is 0 Å². The van der Waals surface area contributed by atoms with Gasteiger partial charge in [-0.25, -0.2) is 0 Å². The minimum atomic E-state index is 0.515. The van der Waals surface area contributed by atoms with E-state index < -0.39 is 0 Å². The van der Waals surface area contributed by atoms with E-state index in [1.165, 1.54) is 53.6 Å². The minimum absolute atomic E-state index is 0.515. The van der Waals surface area contributed by atoms with Crippen molar-refractivity contribution in [1.29, 1.82) is 0 Å². The van der Waals surface area contributed by atoms with Crippen molar-refractivity contribution >= 4 is 5.69 Å². The van der Waals surface area contributed by atoms with Gasteiger partial charge in [0, 0.05) is 12.2 Å². The van der Waals surface area contributed by atoms with Crippen molar-refractivity contribution in [1.82, 2.24) is 0 Å². The van der Waals surface area contributed by atoms with Crippen molar-refractivity contribution in [3.05, 3.63) is 52.6 Å². The van der Waals surface area contributed by atoms with Gasteiger partial charge < -0.3 is 5.32 Å². The zero-order valence-electron chi connectivity index (χ0n) is 23.5. The smallest absolute Gasteiger partial charge is 0.0348 e. The molecule has 1 aromatic rings. The average Bonchev–Trinajstić information content (AvgIpc) is 2.72. The van der Waals surface area contributed by atoms with E-state index in [-0.39, 0.29) is 0 Å². The summed E-state index contributed by atoms with van der Waals surface area (Å²) in [7, 11) is 0. The predicted molar refractivity (Wildman–Crippen MR) is 149 cm³/mol. The summed E-state index contributed by atoms with van der Waals surface area (Å²) in [5, 5.41) is 3.64. The fraction of sp³-hybridized carbons (Fsp3) is 0.688. The van der Waals surface area contributed by atoms with E-state index in [1.54, 1.807) is 0 Å². The standard InChI is InChI=1S/C32H53N/c1-11-12-31(26(9)29-17-23(6)16-28(19-29)15-22(4)5)27(10)32-20-30(18-24(7)25(32)8)33-14-13-21(2)3/h11-13,18,20,22-23,26-29,31,33H,14-17,19H2,1-10H3/b12-11-. The number of nitrogens with one attached hydrogen (secondary N) is 1. The molecule has 1 heteroatoms. The van der Waals surface area contributed by atoms with Gasteiger partial charge in [-0.05, 0) is 131 Å². The molecular formula is C32H53N. The summed E-state index contributed by atoms with van der Waals surface area (Å²) in [6.07, 6.45) is 12.7. The quantitative estimate of drug-likeness (QED) is 0.349. The van der Waals surface area contributed by atoms with Crippen LogP contribution in [-0.4, -0.2) is 6.54 Å². The van der Waals surface area contributed by atoms with Crippen molar-refractivity contribution in [2.75, 3.05) is 11.9 Å². The Balaban J connectivity index is 2.29. The second kappa shape index (κ2) is 12.8. The van der Waals surface area contributed by atoms with Crippen LogP contribution in [-0.2, 0) is 0 Å². The van der Waals surface area contributed by atoms with Crippen LogP contribution in [0.25, 0.3) is 0 Å². The van der Waals surface area contributed by atoms with Crippen molar-refractivity contribution in [2.45, 2.75) is 101 Å². The van der Waals surface area contributed by atoms with Crippen molar-refractivity contribution < 1.29 is 0 Å². The van der Waals surface area contributed by atoms with Gasteiger partial charge >= 0.3 is 0 Å². The Kier molecular flexibility index (Phi) is 10.8. The molecule has 0 saturated heterocycles. The zero-order valence-corrected chi connectivity index (χ0v) is 23.5. The van der Waals surface area contributed by atoms with Crippen molar-refractivity contribution in [3.8, 4) is 0 Å². The first-order valence-electron chi connectivity index (χ1n) is 13.6. The number of aryl methyl sites for hydroxylation is 1. The number of hydrogen-bond donors (Lipinski definition) is 1. The van der Waals surface area contributed by atoms with E-state index in [0.29, 0.717) is 17.8 Å². The van der Waals surface area contributed by atoms with Crippen LogP contribution in [0.4, 0.5) is 5.69 Å². The minimum Gasteiger partial charge on any atom is -0.382 e. The molecule has 6 unspecified atom stereocenters. The third-order valence-corrected chi connectivity index (χ3v) is 8.24. The Bertz CT molecular complexity index is 793. The first-order chi connectivity index (χ1) is 15.5. The number of hydrogen-bond acceptors (Lipinski definition) is 1. The number of benzene rings is 1. The number of rotatable bonds is 10. The number of anilines is 1. The van der Waals surface area contributed by atoms with Crippen LogP contribution in [0.15, 0.2) is 35.9 Å². The highest BCUT2D eigenvalue weighted by Crippen LogP contribution is 2.45. The third-order valence-electron chi connectivity index (χ3n) is 8.24. The highest BCUT2D eigenvalue weighted by Gasteiger charge is 2.35. The fourth-order valence-corrected chi connectivity index (χ4v) is 6.47. The van der Waals surface area contributed by atoms with E-state index in [1.807, 2.05) is 0 Å². The lowest BCUT2D eigenvalue weighted by Crippen LogP contribution is -2.31. The molecule has 0 aromatic heterocycles. The molecule has 0 amide bonds. The van der Waals surface area contributed by atoms with E-state index in [0.717, 1.165) is 30.2 Å². The Morgan fingerprint density at radius 3 is 2.36 bits per heavy atom. The molecule has 0 radical (unpaired) electrons. The largest absolute Gasteiger partial charge is 0.382 e. The monoisotopic (exact) mass is 451 g/mol. The Morgan fingerprint density at radius 2 is 1.76 bits per heavy atom. The Hall–Kier alpha value is -1.50. The maximum atomic E-state index is 3.64. The van der Waals surface area contributed by atoms with Crippen molar-refractivity contribution in [2.24, 2.45) is 35.5 Å². The molecule has 186 valence electrons. The molecular weight excluding hydrogens is 398 g/mol. The molecule has 1 aromatic carbocycles. The molecule has 0 spiro atoms. The molecule has 0 bridgehead atoms. The lowest BCUT2D eigenvalue weighted by Gasteiger charge is -2.41. The van der Waals surface area contributed by atoms with E-state index in [2.05, 4.69) is 105 Å². The second-order valence-corrected chi connectivity index (χ2v) is 12.0. The maximum absolute atomic E-state index is 3.64. The van der Waals surface area contributed by atoms with E-state index in [4.69, 9.17) is 0 Å². The van der Waals surface area contributed by atoms with Crippen LogP contribution in [0.3, 0.4) is 0 Å². The summed E-state index contributed by atoms with van der Waals surface area (Å²) in [4.78, 5) is 0. The second-order valence-electron chi connectivity index (χ2n) is 12.0. The molecule has 1 N–H and O–H groups in total. The molecule has 0 heterocycles. The predicted octanol–water partition coefficient (Wildman–Crippen LogP) is 9.71. The van der Waals surface area contributed by atoms with Gasteiger partial charge in [0.1, 0.15) is 0 Å². The topological polar surface area (TPSA) is 12.0 Å². The highest BCUT2D eigenvalue weighted by atomic mass is 14.9. The molecule has 1 aliphatic carbocycles. The summed E-state index contributed by atoms with van der Waals surface area (Å²) in [5.41, 5.74) is 7.00. The van der Waals surface area contributed by atoms with Crippen molar-refractivity contribution in [3.63, 3.8) is 0 Å². The van der Waals surface area contributed by atoms with Crippen LogP contribution in [0.2, 0.25) is 0 Å². The van der Waals surface area contributed by atoms with Crippen LogP contribution < -0.4 is 5.32 Å². The van der Waals surface area contributed by atoms with E-state index >= 15 is 0 Å². The maximum Gasteiger partial charge on any atom is 0.0348 e. The SMILES string of the molecule is C/C=C\C(C(C)c1cc(NCC=C(C)C)cc(C)c1C)C(C)C1CC(C)CC(CC(C)C)C1. The summed E-state index contributed by atoms with van der Waals surface area (Å²) >= 11 is 0. The lowest BCUT2D eigenvalue weighted by molar-refractivity contribution is 0.119. The molecule has 6 atom stereocenters. The van der Waals surface area contributed by atoms with Gasteiger partial charge in [-0.2, -0.15) is 0 Å². The Labute approximate surface area is 206 Å². The van der Waals surface area contributed by atoms with Gasteiger partial charge in [0.25, 0.3) is 0 Å².